The second-order valence-electron chi connectivity index (χ2n) is 5.95. The lowest BCUT2D eigenvalue weighted by molar-refractivity contribution is -0.138. The number of nitrogens with two attached hydrogens (primary N) is 1. The molecule has 3 rings (SSSR count). The Labute approximate surface area is 140 Å². The van der Waals surface area contributed by atoms with Crippen LogP contribution in [-0.4, -0.2) is 35.8 Å². The number of halogens is 2. The summed E-state index contributed by atoms with van der Waals surface area (Å²) in [6, 6.07) is 4.22. The van der Waals surface area contributed by atoms with E-state index in [9.17, 15) is 14.0 Å². The van der Waals surface area contributed by atoms with Gasteiger partial charge in [-0.1, -0.05) is 6.07 Å². The molecule has 0 saturated carbocycles. The lowest BCUT2D eigenvalue weighted by Crippen LogP contribution is -2.50. The number of benzene rings is 1. The minimum atomic E-state index is -0.545. The predicted molar refractivity (Wildman–Crippen MR) is 88.0 cm³/mol. The van der Waals surface area contributed by atoms with E-state index in [2.05, 4.69) is 5.32 Å². The molecule has 2 unspecified atom stereocenters. The summed E-state index contributed by atoms with van der Waals surface area (Å²) in [5, 5.41) is 2.64. The van der Waals surface area contributed by atoms with Crippen molar-refractivity contribution in [1.82, 2.24) is 4.90 Å². The summed E-state index contributed by atoms with van der Waals surface area (Å²) in [5.74, 6) is -1.29. The lowest BCUT2D eigenvalue weighted by atomic mass is 9.88. The van der Waals surface area contributed by atoms with Crippen LogP contribution < -0.4 is 11.1 Å². The average Bonchev–Trinajstić information content (AvgIpc) is 2.52. The monoisotopic (exact) mass is 341 g/mol. The molecule has 1 saturated heterocycles. The number of hydrogen-bond donors (Lipinski definition) is 2. The Kier molecular flexibility index (Phi) is 5.59. The highest BCUT2D eigenvalue weighted by atomic mass is 35.5. The fourth-order valence-corrected chi connectivity index (χ4v) is 3.39. The fraction of sp³-hybridized carbons (Fsp3) is 0.500. The van der Waals surface area contributed by atoms with Crippen molar-refractivity contribution >= 4 is 29.9 Å². The summed E-state index contributed by atoms with van der Waals surface area (Å²) in [7, 11) is 0. The molecule has 0 radical (unpaired) electrons. The van der Waals surface area contributed by atoms with Crippen LogP contribution in [-0.2, 0) is 9.59 Å². The molecule has 5 nitrogen and oxygen atoms in total. The van der Waals surface area contributed by atoms with Gasteiger partial charge in [-0.15, -0.1) is 12.4 Å². The minimum Gasteiger partial charge on any atom is -0.338 e. The Morgan fingerprint density at radius 3 is 2.91 bits per heavy atom. The molecule has 2 aliphatic heterocycles. The maximum absolute atomic E-state index is 13.4. The van der Waals surface area contributed by atoms with E-state index in [0.717, 1.165) is 19.3 Å². The topological polar surface area (TPSA) is 75.4 Å². The van der Waals surface area contributed by atoms with Gasteiger partial charge in [-0.25, -0.2) is 4.39 Å². The van der Waals surface area contributed by atoms with Crippen LogP contribution in [0.5, 0.6) is 0 Å². The number of nitrogens with one attached hydrogen (secondary N) is 1. The summed E-state index contributed by atoms with van der Waals surface area (Å²) < 4.78 is 13.4. The normalized spacial score (nSPS) is 23.6. The van der Waals surface area contributed by atoms with Crippen LogP contribution >= 0.6 is 12.4 Å². The number of rotatable bonds is 2. The SMILES string of the molecule is Cl.NCC1CCCCN1C(=O)C1CC(=O)Nc2cc(F)ccc21. The van der Waals surface area contributed by atoms with Gasteiger partial charge in [0.1, 0.15) is 5.82 Å². The van der Waals surface area contributed by atoms with Crippen molar-refractivity contribution in [1.29, 1.82) is 0 Å². The molecule has 1 aromatic carbocycles. The highest BCUT2D eigenvalue weighted by Crippen LogP contribution is 2.35. The quantitative estimate of drug-likeness (QED) is 0.864. The number of fused-ring (bicyclic) bond motifs is 1. The molecule has 0 bridgehead atoms. The minimum absolute atomic E-state index is 0. The fourth-order valence-electron chi connectivity index (χ4n) is 3.39. The summed E-state index contributed by atoms with van der Waals surface area (Å²) in [4.78, 5) is 26.6. The second kappa shape index (κ2) is 7.27. The molecule has 1 aromatic rings. The van der Waals surface area contributed by atoms with Crippen LogP contribution in [0.25, 0.3) is 0 Å². The molecular weight excluding hydrogens is 321 g/mol. The molecule has 2 heterocycles. The van der Waals surface area contributed by atoms with E-state index in [1.807, 2.05) is 0 Å². The van der Waals surface area contributed by atoms with Gasteiger partial charge in [0.2, 0.25) is 11.8 Å². The van der Waals surface area contributed by atoms with Gasteiger partial charge in [0.15, 0.2) is 0 Å². The van der Waals surface area contributed by atoms with Crippen LogP contribution in [0.3, 0.4) is 0 Å². The number of likely N-dealkylation sites (tertiary alicyclic amines) is 1. The number of hydrogen-bond acceptors (Lipinski definition) is 3. The highest BCUT2D eigenvalue weighted by molar-refractivity contribution is 6.01. The maximum atomic E-state index is 13.4. The van der Waals surface area contributed by atoms with Gasteiger partial charge in [0.25, 0.3) is 0 Å². The van der Waals surface area contributed by atoms with Gasteiger partial charge in [-0.05, 0) is 37.0 Å². The van der Waals surface area contributed by atoms with Gasteiger partial charge >= 0.3 is 0 Å². The van der Waals surface area contributed by atoms with E-state index in [0.29, 0.717) is 24.3 Å². The Balaban J connectivity index is 0.00000192. The number of amides is 2. The summed E-state index contributed by atoms with van der Waals surface area (Å²) in [6.07, 6.45) is 3.03. The van der Waals surface area contributed by atoms with Crippen molar-refractivity contribution in [2.24, 2.45) is 5.73 Å². The highest BCUT2D eigenvalue weighted by Gasteiger charge is 2.36. The maximum Gasteiger partial charge on any atom is 0.231 e. The Hall–Kier alpha value is -1.66. The molecule has 3 N–H and O–H groups in total. The van der Waals surface area contributed by atoms with Gasteiger partial charge in [0.05, 0.1) is 5.92 Å². The predicted octanol–water partition coefficient (Wildman–Crippen LogP) is 2.01. The standard InChI is InChI=1S/C16H20FN3O2.ClH/c17-10-4-5-12-13(8-15(21)19-14(12)7-10)16(22)20-6-2-1-3-11(20)9-18;/h4-5,7,11,13H,1-3,6,8-9,18H2,(H,19,21);1H. The van der Waals surface area contributed by atoms with Crippen molar-refractivity contribution < 1.29 is 14.0 Å². The van der Waals surface area contributed by atoms with Crippen LogP contribution in [0.15, 0.2) is 18.2 Å². The average molecular weight is 342 g/mol. The molecule has 0 aromatic heterocycles. The largest absolute Gasteiger partial charge is 0.338 e. The first-order valence-electron chi connectivity index (χ1n) is 7.70. The molecule has 2 amide bonds. The molecular formula is C16H21ClFN3O2. The molecule has 0 spiro atoms. The van der Waals surface area contributed by atoms with Gasteiger partial charge in [-0.2, -0.15) is 0 Å². The molecule has 2 atom stereocenters. The van der Waals surface area contributed by atoms with Gasteiger partial charge < -0.3 is 16.0 Å². The molecule has 2 aliphatic rings. The van der Waals surface area contributed by atoms with E-state index in [-0.39, 0.29) is 36.7 Å². The van der Waals surface area contributed by atoms with Crippen LogP contribution in [0.1, 0.15) is 37.2 Å². The van der Waals surface area contributed by atoms with Crippen LogP contribution in [0, 0.1) is 5.82 Å². The number of nitrogens with zero attached hydrogens (tertiary/aromatic N) is 1. The molecule has 126 valence electrons. The number of carbonyl (C=O) groups is 2. The van der Waals surface area contributed by atoms with E-state index in [1.165, 1.54) is 12.1 Å². The van der Waals surface area contributed by atoms with Crippen LogP contribution in [0.4, 0.5) is 10.1 Å². The molecule has 0 aliphatic carbocycles. The number of piperidine rings is 1. The van der Waals surface area contributed by atoms with Crippen molar-refractivity contribution in [2.75, 3.05) is 18.4 Å². The summed E-state index contributed by atoms with van der Waals surface area (Å²) in [6.45, 7) is 1.11. The number of anilines is 1. The van der Waals surface area contributed by atoms with Crippen molar-refractivity contribution in [2.45, 2.75) is 37.6 Å². The Morgan fingerprint density at radius 2 is 2.17 bits per heavy atom. The first-order chi connectivity index (χ1) is 10.6. The van der Waals surface area contributed by atoms with Gasteiger partial charge in [0, 0.05) is 31.2 Å². The first kappa shape index (κ1) is 17.7. The smallest absolute Gasteiger partial charge is 0.231 e. The van der Waals surface area contributed by atoms with Crippen molar-refractivity contribution in [3.63, 3.8) is 0 Å². The van der Waals surface area contributed by atoms with E-state index in [4.69, 9.17) is 5.73 Å². The van der Waals surface area contributed by atoms with E-state index < -0.39 is 11.7 Å². The van der Waals surface area contributed by atoms with Crippen molar-refractivity contribution in [3.05, 3.63) is 29.6 Å². The lowest BCUT2D eigenvalue weighted by Gasteiger charge is -2.38. The Morgan fingerprint density at radius 1 is 1.39 bits per heavy atom. The third-order valence-electron chi connectivity index (χ3n) is 4.53. The third kappa shape index (κ3) is 3.48. The number of carbonyl (C=O) groups excluding carboxylic acids is 2. The molecule has 7 heteroatoms. The summed E-state index contributed by atoms with van der Waals surface area (Å²) >= 11 is 0. The zero-order valence-corrected chi connectivity index (χ0v) is 13.6. The summed E-state index contributed by atoms with van der Waals surface area (Å²) in [5.41, 5.74) is 6.87. The van der Waals surface area contributed by atoms with Gasteiger partial charge in [-0.3, -0.25) is 9.59 Å². The molecule has 1 fully saturated rings. The van der Waals surface area contributed by atoms with Crippen molar-refractivity contribution in [3.8, 4) is 0 Å². The zero-order valence-electron chi connectivity index (χ0n) is 12.8. The Bertz CT molecular complexity index is 611. The third-order valence-corrected chi connectivity index (χ3v) is 4.53. The first-order valence-corrected chi connectivity index (χ1v) is 7.70. The zero-order chi connectivity index (χ0) is 15.7. The molecule has 23 heavy (non-hydrogen) atoms. The van der Waals surface area contributed by atoms with E-state index >= 15 is 0 Å². The van der Waals surface area contributed by atoms with E-state index in [1.54, 1.807) is 11.0 Å². The second-order valence-corrected chi connectivity index (χ2v) is 5.95. The van der Waals surface area contributed by atoms with Crippen LogP contribution in [0.2, 0.25) is 0 Å².